The molecule has 0 spiro atoms. The number of carbonyl (C=O) groups excluding carboxylic acids is 1. The van der Waals surface area contributed by atoms with Crippen LogP contribution in [0.4, 0.5) is 0 Å². The van der Waals surface area contributed by atoms with Crippen molar-refractivity contribution in [3.05, 3.63) is 0 Å². The molecule has 3 unspecified atom stereocenters. The number of carbonyl (C=O) groups is 1. The molecule has 3 atom stereocenters. The fraction of sp³-hybridized carbons (Fsp3) is 0.909. The van der Waals surface area contributed by atoms with E-state index in [1.807, 2.05) is 0 Å². The van der Waals surface area contributed by atoms with Crippen LogP contribution in [0.1, 0.15) is 39.5 Å². The summed E-state index contributed by atoms with van der Waals surface area (Å²) in [5.74, 6) is 0.248. The van der Waals surface area contributed by atoms with Crippen LogP contribution in [0, 0.1) is 0 Å². The number of nitrogens with zero attached hydrogens (tertiary/aromatic N) is 1. The van der Waals surface area contributed by atoms with Crippen LogP contribution in [0.5, 0.6) is 0 Å². The summed E-state index contributed by atoms with van der Waals surface area (Å²) in [4.78, 5) is 13.6. The second kappa shape index (κ2) is 3.89. The summed E-state index contributed by atoms with van der Waals surface area (Å²) in [6, 6.07) is 1.69. The summed E-state index contributed by atoms with van der Waals surface area (Å²) in [6.07, 6.45) is 4.71. The second-order valence-corrected chi connectivity index (χ2v) is 4.61. The van der Waals surface area contributed by atoms with Gasteiger partial charge in [-0.1, -0.05) is 6.92 Å². The van der Waals surface area contributed by atoms with Crippen molar-refractivity contribution in [1.29, 1.82) is 0 Å². The molecule has 2 aliphatic rings. The van der Waals surface area contributed by atoms with E-state index in [-0.39, 0.29) is 5.91 Å². The highest BCUT2D eigenvalue weighted by Gasteiger charge is 2.35. The monoisotopic (exact) mass is 196 g/mol. The van der Waals surface area contributed by atoms with E-state index in [1.165, 1.54) is 12.8 Å². The molecule has 0 aromatic heterocycles. The Labute approximate surface area is 85.8 Å². The van der Waals surface area contributed by atoms with Crippen LogP contribution in [0.3, 0.4) is 0 Å². The van der Waals surface area contributed by atoms with Gasteiger partial charge in [0, 0.05) is 31.6 Å². The highest BCUT2D eigenvalue weighted by atomic mass is 16.2. The zero-order chi connectivity index (χ0) is 10.1. The Morgan fingerprint density at radius 3 is 2.93 bits per heavy atom. The van der Waals surface area contributed by atoms with Gasteiger partial charge in [0.05, 0.1) is 0 Å². The van der Waals surface area contributed by atoms with Gasteiger partial charge in [-0.05, 0) is 25.7 Å². The van der Waals surface area contributed by atoms with E-state index in [2.05, 4.69) is 17.1 Å². The van der Waals surface area contributed by atoms with Crippen LogP contribution < -0.4 is 5.32 Å². The fourth-order valence-corrected chi connectivity index (χ4v) is 2.80. The van der Waals surface area contributed by atoms with E-state index in [4.69, 9.17) is 0 Å². The quantitative estimate of drug-likeness (QED) is 0.682. The largest absolute Gasteiger partial charge is 0.338 e. The zero-order valence-electron chi connectivity index (χ0n) is 9.12. The molecular formula is C11H20N2O. The molecule has 3 heteroatoms. The van der Waals surface area contributed by atoms with Gasteiger partial charge in [0.15, 0.2) is 0 Å². The van der Waals surface area contributed by atoms with Crippen molar-refractivity contribution in [2.75, 3.05) is 6.54 Å². The predicted molar refractivity (Wildman–Crippen MR) is 56.0 cm³/mol. The SMILES string of the molecule is CCC1CN(C(C)=O)C2CCC(C2)N1. The molecule has 14 heavy (non-hydrogen) atoms. The van der Waals surface area contributed by atoms with Crippen LogP contribution in [0.2, 0.25) is 0 Å². The minimum atomic E-state index is 0.248. The van der Waals surface area contributed by atoms with Crippen LogP contribution in [0.25, 0.3) is 0 Å². The number of hydrogen-bond donors (Lipinski definition) is 1. The van der Waals surface area contributed by atoms with Gasteiger partial charge < -0.3 is 10.2 Å². The molecule has 2 rings (SSSR count). The Morgan fingerprint density at radius 2 is 2.29 bits per heavy atom. The van der Waals surface area contributed by atoms with E-state index < -0.39 is 0 Å². The Morgan fingerprint density at radius 1 is 1.50 bits per heavy atom. The van der Waals surface area contributed by atoms with Gasteiger partial charge in [-0.2, -0.15) is 0 Å². The highest BCUT2D eigenvalue weighted by Crippen LogP contribution is 2.28. The molecule has 1 heterocycles. The number of fused-ring (bicyclic) bond motifs is 2. The second-order valence-electron chi connectivity index (χ2n) is 4.61. The number of rotatable bonds is 1. The third-order valence-electron chi connectivity index (χ3n) is 3.63. The van der Waals surface area contributed by atoms with Gasteiger partial charge in [0.25, 0.3) is 0 Å². The lowest BCUT2D eigenvalue weighted by Gasteiger charge is -2.30. The minimum absolute atomic E-state index is 0.248. The Balaban J connectivity index is 2.11. The molecule has 1 saturated carbocycles. The predicted octanol–water partition coefficient (Wildman–Crippen LogP) is 1.14. The van der Waals surface area contributed by atoms with Crippen molar-refractivity contribution >= 4 is 5.91 Å². The van der Waals surface area contributed by atoms with Crippen molar-refractivity contribution in [3.8, 4) is 0 Å². The van der Waals surface area contributed by atoms with E-state index in [9.17, 15) is 4.79 Å². The van der Waals surface area contributed by atoms with Crippen LogP contribution in [-0.4, -0.2) is 35.5 Å². The fourth-order valence-electron chi connectivity index (χ4n) is 2.80. The summed E-state index contributed by atoms with van der Waals surface area (Å²) < 4.78 is 0. The van der Waals surface area contributed by atoms with Crippen LogP contribution in [-0.2, 0) is 4.79 Å². The molecule has 2 fully saturated rings. The Kier molecular flexibility index (Phi) is 2.77. The smallest absolute Gasteiger partial charge is 0.219 e. The van der Waals surface area contributed by atoms with Crippen molar-refractivity contribution in [1.82, 2.24) is 10.2 Å². The maximum atomic E-state index is 11.5. The van der Waals surface area contributed by atoms with Crippen LogP contribution in [0.15, 0.2) is 0 Å². The molecule has 1 saturated heterocycles. The Bertz CT molecular complexity index is 229. The molecule has 0 radical (unpaired) electrons. The average molecular weight is 196 g/mol. The third-order valence-corrected chi connectivity index (χ3v) is 3.63. The van der Waals surface area contributed by atoms with Crippen molar-refractivity contribution in [3.63, 3.8) is 0 Å². The van der Waals surface area contributed by atoms with Gasteiger partial charge in [-0.25, -0.2) is 0 Å². The number of nitrogens with one attached hydrogen (secondary N) is 1. The van der Waals surface area contributed by atoms with Gasteiger partial charge in [0.2, 0.25) is 5.91 Å². The first-order valence-electron chi connectivity index (χ1n) is 5.74. The van der Waals surface area contributed by atoms with Gasteiger partial charge >= 0.3 is 0 Å². The maximum Gasteiger partial charge on any atom is 0.219 e. The van der Waals surface area contributed by atoms with Crippen molar-refractivity contribution < 1.29 is 4.79 Å². The summed E-state index contributed by atoms with van der Waals surface area (Å²) in [5, 5.41) is 3.65. The molecule has 1 aliphatic heterocycles. The summed E-state index contributed by atoms with van der Waals surface area (Å²) in [5.41, 5.74) is 0. The third kappa shape index (κ3) is 1.78. The van der Waals surface area contributed by atoms with Gasteiger partial charge in [0.1, 0.15) is 0 Å². The molecule has 80 valence electrons. The first kappa shape index (κ1) is 9.97. The minimum Gasteiger partial charge on any atom is -0.338 e. The standard InChI is InChI=1S/C11H20N2O/c1-3-9-7-13(8(2)14)11-5-4-10(6-11)12-9/h9-12H,3-7H2,1-2H3. The van der Waals surface area contributed by atoms with Crippen molar-refractivity contribution in [2.45, 2.75) is 57.7 Å². The van der Waals surface area contributed by atoms with E-state index >= 15 is 0 Å². The average Bonchev–Trinajstić information content (AvgIpc) is 2.47. The molecule has 1 N–H and O–H groups in total. The highest BCUT2D eigenvalue weighted by molar-refractivity contribution is 5.73. The van der Waals surface area contributed by atoms with Crippen molar-refractivity contribution in [2.24, 2.45) is 0 Å². The zero-order valence-corrected chi connectivity index (χ0v) is 9.12. The Hall–Kier alpha value is -0.570. The van der Waals surface area contributed by atoms with Gasteiger partial charge in [-0.3, -0.25) is 4.79 Å². The lowest BCUT2D eigenvalue weighted by Crippen LogP contribution is -2.45. The first-order valence-corrected chi connectivity index (χ1v) is 5.74. The van der Waals surface area contributed by atoms with E-state index in [1.54, 1.807) is 6.92 Å². The van der Waals surface area contributed by atoms with Crippen LogP contribution >= 0.6 is 0 Å². The number of amides is 1. The summed E-state index contributed by atoms with van der Waals surface area (Å²) in [7, 11) is 0. The van der Waals surface area contributed by atoms with E-state index in [0.29, 0.717) is 18.1 Å². The topological polar surface area (TPSA) is 32.3 Å². The lowest BCUT2D eigenvalue weighted by molar-refractivity contribution is -0.131. The molecule has 1 amide bonds. The molecule has 0 aromatic rings. The first-order chi connectivity index (χ1) is 6.70. The normalized spacial score (nSPS) is 37.0. The van der Waals surface area contributed by atoms with E-state index in [0.717, 1.165) is 19.4 Å². The summed E-state index contributed by atoms with van der Waals surface area (Å²) >= 11 is 0. The molecule has 3 nitrogen and oxygen atoms in total. The maximum absolute atomic E-state index is 11.5. The summed E-state index contributed by atoms with van der Waals surface area (Å²) in [6.45, 7) is 4.80. The molecular weight excluding hydrogens is 176 g/mol. The molecule has 2 bridgehead atoms. The molecule has 1 aliphatic carbocycles. The molecule has 0 aromatic carbocycles. The lowest BCUT2D eigenvalue weighted by atomic mass is 10.1. The van der Waals surface area contributed by atoms with Gasteiger partial charge in [-0.15, -0.1) is 0 Å². The number of hydrogen-bond acceptors (Lipinski definition) is 2.